The average molecular weight is 264 g/mol. The zero-order chi connectivity index (χ0) is 13.8. The first-order valence-electron chi connectivity index (χ1n) is 6.94. The molecule has 3 nitrogen and oxygen atoms in total. The normalized spacial score (nSPS) is 19.5. The smallest absolute Gasteiger partial charge is 0.238 e. The summed E-state index contributed by atoms with van der Waals surface area (Å²) in [5, 5.41) is 3.10. The van der Waals surface area contributed by atoms with Crippen LogP contribution in [0.4, 0.5) is 4.39 Å². The monoisotopic (exact) mass is 264 g/mol. The van der Waals surface area contributed by atoms with E-state index in [2.05, 4.69) is 19.2 Å². The second kappa shape index (κ2) is 6.15. The quantitative estimate of drug-likeness (QED) is 0.887. The molecular formula is C15H21FN2O. The summed E-state index contributed by atoms with van der Waals surface area (Å²) in [6.07, 6.45) is 1.74. The third-order valence-electron chi connectivity index (χ3n) is 3.89. The third-order valence-corrected chi connectivity index (χ3v) is 3.89. The minimum Gasteiger partial charge on any atom is -0.321 e. The Morgan fingerprint density at radius 1 is 1.37 bits per heavy atom. The first-order chi connectivity index (χ1) is 9.17. The molecule has 0 aliphatic carbocycles. The zero-order valence-corrected chi connectivity index (χ0v) is 11.5. The van der Waals surface area contributed by atoms with Gasteiger partial charge in [-0.15, -0.1) is 0 Å². The summed E-state index contributed by atoms with van der Waals surface area (Å²) in [7, 11) is 0. The topological polar surface area (TPSA) is 32.3 Å². The first kappa shape index (κ1) is 14.0. The zero-order valence-electron chi connectivity index (χ0n) is 11.5. The van der Waals surface area contributed by atoms with E-state index in [1.165, 1.54) is 6.07 Å². The second-order valence-electron chi connectivity index (χ2n) is 5.03. The largest absolute Gasteiger partial charge is 0.321 e. The summed E-state index contributed by atoms with van der Waals surface area (Å²) in [5.74, 6) is 0.266. The van der Waals surface area contributed by atoms with Crippen LogP contribution in [0, 0.1) is 11.7 Å². The second-order valence-corrected chi connectivity index (χ2v) is 5.03. The Hall–Kier alpha value is -1.42. The van der Waals surface area contributed by atoms with Crippen LogP contribution in [0.25, 0.3) is 0 Å². The van der Waals surface area contributed by atoms with Gasteiger partial charge in [-0.2, -0.15) is 0 Å². The van der Waals surface area contributed by atoms with E-state index in [-0.39, 0.29) is 17.9 Å². The molecule has 1 aliphatic heterocycles. The Kier molecular flexibility index (Phi) is 4.53. The van der Waals surface area contributed by atoms with Gasteiger partial charge in [-0.25, -0.2) is 4.39 Å². The fourth-order valence-electron chi connectivity index (χ4n) is 2.55. The molecule has 1 aliphatic rings. The van der Waals surface area contributed by atoms with E-state index in [1.54, 1.807) is 23.1 Å². The number of nitrogens with one attached hydrogen (secondary N) is 1. The van der Waals surface area contributed by atoms with Gasteiger partial charge in [0.25, 0.3) is 0 Å². The molecule has 0 radical (unpaired) electrons. The van der Waals surface area contributed by atoms with Gasteiger partial charge in [0.2, 0.25) is 5.91 Å². The molecule has 4 heteroatoms. The van der Waals surface area contributed by atoms with Gasteiger partial charge >= 0.3 is 0 Å². The van der Waals surface area contributed by atoms with Crippen LogP contribution in [0.1, 0.15) is 38.4 Å². The van der Waals surface area contributed by atoms with E-state index >= 15 is 0 Å². The summed E-state index contributed by atoms with van der Waals surface area (Å²) in [6, 6.07) is 6.65. The Morgan fingerprint density at radius 3 is 2.68 bits per heavy atom. The lowest BCUT2D eigenvalue weighted by Crippen LogP contribution is -2.35. The lowest BCUT2D eigenvalue weighted by Gasteiger charge is -2.28. The van der Waals surface area contributed by atoms with Crippen molar-refractivity contribution >= 4 is 5.91 Å². The van der Waals surface area contributed by atoms with E-state index in [4.69, 9.17) is 0 Å². The lowest BCUT2D eigenvalue weighted by molar-refractivity contribution is -0.128. The highest BCUT2D eigenvalue weighted by Gasteiger charge is 2.33. The molecule has 19 heavy (non-hydrogen) atoms. The molecule has 1 heterocycles. The first-order valence-corrected chi connectivity index (χ1v) is 6.94. The number of rotatable bonds is 5. The SMILES string of the molecule is CCC(CC)CN1C(=O)CNC1c1ccccc1F. The highest BCUT2D eigenvalue weighted by Crippen LogP contribution is 2.26. The molecule has 1 amide bonds. The Balaban J connectivity index is 2.20. The highest BCUT2D eigenvalue weighted by molar-refractivity contribution is 5.81. The van der Waals surface area contributed by atoms with Crippen LogP contribution < -0.4 is 5.32 Å². The molecule has 1 aromatic carbocycles. The van der Waals surface area contributed by atoms with Crippen molar-refractivity contribution in [3.8, 4) is 0 Å². The molecule has 1 saturated heterocycles. The van der Waals surface area contributed by atoms with E-state index in [0.717, 1.165) is 12.8 Å². The number of carbonyl (C=O) groups excluding carboxylic acids is 1. The Morgan fingerprint density at radius 2 is 2.05 bits per heavy atom. The van der Waals surface area contributed by atoms with Crippen LogP contribution in [0.15, 0.2) is 24.3 Å². The van der Waals surface area contributed by atoms with Crippen molar-refractivity contribution in [3.05, 3.63) is 35.6 Å². The number of amides is 1. The third kappa shape index (κ3) is 2.95. The Bertz CT molecular complexity index is 446. The molecule has 1 atom stereocenters. The number of benzene rings is 1. The summed E-state index contributed by atoms with van der Waals surface area (Å²) >= 11 is 0. The van der Waals surface area contributed by atoms with Crippen molar-refractivity contribution in [2.45, 2.75) is 32.9 Å². The van der Waals surface area contributed by atoms with E-state index in [9.17, 15) is 9.18 Å². The molecular weight excluding hydrogens is 243 g/mol. The van der Waals surface area contributed by atoms with Crippen molar-refractivity contribution in [3.63, 3.8) is 0 Å². The van der Waals surface area contributed by atoms with Crippen LogP contribution in [-0.2, 0) is 4.79 Å². The molecule has 0 saturated carbocycles. The number of nitrogens with zero attached hydrogens (tertiary/aromatic N) is 1. The molecule has 104 valence electrons. The standard InChI is InChI=1S/C15H21FN2O/c1-3-11(4-2)10-18-14(19)9-17-15(18)12-7-5-6-8-13(12)16/h5-8,11,15,17H,3-4,9-10H2,1-2H3. The van der Waals surface area contributed by atoms with Gasteiger partial charge in [-0.3, -0.25) is 10.1 Å². The molecule has 1 aromatic rings. The minimum atomic E-state index is -0.325. The summed E-state index contributed by atoms with van der Waals surface area (Å²) < 4.78 is 13.9. The Labute approximate surface area is 113 Å². The van der Waals surface area contributed by atoms with Crippen LogP contribution in [0.5, 0.6) is 0 Å². The van der Waals surface area contributed by atoms with Gasteiger partial charge in [0.05, 0.1) is 6.54 Å². The van der Waals surface area contributed by atoms with Crippen LogP contribution in [-0.4, -0.2) is 23.9 Å². The van der Waals surface area contributed by atoms with Gasteiger partial charge in [-0.1, -0.05) is 44.9 Å². The fourth-order valence-corrected chi connectivity index (χ4v) is 2.55. The van der Waals surface area contributed by atoms with E-state index < -0.39 is 0 Å². The van der Waals surface area contributed by atoms with Crippen molar-refractivity contribution in [2.75, 3.05) is 13.1 Å². The van der Waals surface area contributed by atoms with Crippen LogP contribution in [0.3, 0.4) is 0 Å². The van der Waals surface area contributed by atoms with Gasteiger partial charge in [0, 0.05) is 12.1 Å². The van der Waals surface area contributed by atoms with Gasteiger partial charge < -0.3 is 4.90 Å². The maximum absolute atomic E-state index is 13.9. The maximum Gasteiger partial charge on any atom is 0.238 e. The van der Waals surface area contributed by atoms with E-state index in [1.807, 2.05) is 0 Å². The van der Waals surface area contributed by atoms with Crippen molar-refractivity contribution in [1.29, 1.82) is 0 Å². The maximum atomic E-state index is 13.9. The fraction of sp³-hybridized carbons (Fsp3) is 0.533. The molecule has 0 spiro atoms. The van der Waals surface area contributed by atoms with Crippen LogP contribution in [0.2, 0.25) is 0 Å². The van der Waals surface area contributed by atoms with Gasteiger partial charge in [0.1, 0.15) is 12.0 Å². The number of hydrogen-bond acceptors (Lipinski definition) is 2. The summed E-state index contributed by atoms with van der Waals surface area (Å²) in [4.78, 5) is 13.8. The number of carbonyl (C=O) groups is 1. The van der Waals surface area contributed by atoms with Crippen LogP contribution >= 0.6 is 0 Å². The lowest BCUT2D eigenvalue weighted by atomic mass is 10.0. The van der Waals surface area contributed by atoms with Gasteiger partial charge in [-0.05, 0) is 12.0 Å². The molecule has 1 N–H and O–H groups in total. The predicted octanol–water partition coefficient (Wildman–Crippen LogP) is 2.69. The molecule has 2 rings (SSSR count). The van der Waals surface area contributed by atoms with E-state index in [0.29, 0.717) is 24.6 Å². The van der Waals surface area contributed by atoms with Crippen molar-refractivity contribution in [1.82, 2.24) is 10.2 Å². The molecule has 1 fully saturated rings. The molecule has 1 unspecified atom stereocenters. The van der Waals surface area contributed by atoms with Gasteiger partial charge in [0.15, 0.2) is 0 Å². The van der Waals surface area contributed by atoms with Crippen molar-refractivity contribution in [2.24, 2.45) is 5.92 Å². The molecule has 0 bridgehead atoms. The number of hydrogen-bond donors (Lipinski definition) is 1. The number of halogens is 1. The molecule has 0 aromatic heterocycles. The minimum absolute atomic E-state index is 0.0557. The average Bonchev–Trinajstić information content (AvgIpc) is 2.78. The summed E-state index contributed by atoms with van der Waals surface area (Å²) in [5.41, 5.74) is 0.555. The summed E-state index contributed by atoms with van der Waals surface area (Å²) in [6.45, 7) is 5.23. The highest BCUT2D eigenvalue weighted by atomic mass is 19.1. The predicted molar refractivity (Wildman–Crippen MR) is 72.9 cm³/mol. The van der Waals surface area contributed by atoms with Crippen molar-refractivity contribution < 1.29 is 9.18 Å².